The molecule has 0 aromatic carbocycles. The van der Waals surface area contributed by atoms with Gasteiger partial charge in [-0.2, -0.15) is 12.7 Å². The van der Waals surface area contributed by atoms with Crippen molar-refractivity contribution < 1.29 is 18.3 Å². The lowest BCUT2D eigenvalue weighted by Gasteiger charge is -2.20. The molecule has 1 atom stereocenters. The highest BCUT2D eigenvalue weighted by molar-refractivity contribution is 7.87. The molecule has 0 aliphatic carbocycles. The van der Waals surface area contributed by atoms with E-state index in [4.69, 9.17) is 4.74 Å². The summed E-state index contributed by atoms with van der Waals surface area (Å²) in [4.78, 5) is 0. The first-order chi connectivity index (χ1) is 6.94. The summed E-state index contributed by atoms with van der Waals surface area (Å²) in [6, 6.07) is 0. The van der Waals surface area contributed by atoms with E-state index in [2.05, 4.69) is 4.72 Å². The Morgan fingerprint density at radius 1 is 1.53 bits per heavy atom. The van der Waals surface area contributed by atoms with Crippen LogP contribution in [0.15, 0.2) is 0 Å². The third kappa shape index (κ3) is 6.06. The zero-order valence-corrected chi connectivity index (χ0v) is 10.2. The van der Waals surface area contributed by atoms with Crippen molar-refractivity contribution in [2.24, 2.45) is 0 Å². The smallest absolute Gasteiger partial charge is 0.279 e. The van der Waals surface area contributed by atoms with Crippen LogP contribution in [0.2, 0.25) is 0 Å². The number of rotatable bonds is 8. The highest BCUT2D eigenvalue weighted by Crippen LogP contribution is 1.97. The van der Waals surface area contributed by atoms with Crippen LogP contribution in [-0.4, -0.2) is 57.8 Å². The molecule has 0 amide bonds. The predicted octanol–water partition coefficient (Wildman–Crippen LogP) is -0.830. The summed E-state index contributed by atoms with van der Waals surface area (Å²) in [6.45, 7) is 2.41. The fourth-order valence-electron chi connectivity index (χ4n) is 0.981. The molecule has 0 spiro atoms. The first-order valence-electron chi connectivity index (χ1n) is 4.82. The molecule has 0 aromatic heterocycles. The van der Waals surface area contributed by atoms with Crippen molar-refractivity contribution in [3.8, 4) is 0 Å². The molecule has 0 aliphatic rings. The van der Waals surface area contributed by atoms with Gasteiger partial charge in [-0.1, -0.05) is 6.92 Å². The summed E-state index contributed by atoms with van der Waals surface area (Å²) in [5, 5.41) is 9.35. The first-order valence-corrected chi connectivity index (χ1v) is 6.26. The summed E-state index contributed by atoms with van der Waals surface area (Å²) < 4.78 is 31.2. The quantitative estimate of drug-likeness (QED) is 0.580. The van der Waals surface area contributed by atoms with Crippen molar-refractivity contribution >= 4 is 10.2 Å². The van der Waals surface area contributed by atoms with Crippen LogP contribution >= 0.6 is 0 Å². The standard InChI is InChI=1S/C8H20N2O4S/c1-4-5-9-15(12,13)10(2)6-8(11)7-14-3/h8-9,11H,4-7H2,1-3H3. The van der Waals surface area contributed by atoms with Gasteiger partial charge < -0.3 is 9.84 Å². The Labute approximate surface area is 91.4 Å². The van der Waals surface area contributed by atoms with Crippen LogP contribution in [0.1, 0.15) is 13.3 Å². The van der Waals surface area contributed by atoms with Crippen molar-refractivity contribution in [2.75, 3.05) is 33.9 Å². The fraction of sp³-hybridized carbons (Fsp3) is 1.00. The van der Waals surface area contributed by atoms with Crippen molar-refractivity contribution in [1.82, 2.24) is 9.03 Å². The number of aliphatic hydroxyl groups is 1. The van der Waals surface area contributed by atoms with Gasteiger partial charge in [0.05, 0.1) is 12.7 Å². The molecule has 0 heterocycles. The Morgan fingerprint density at radius 2 is 2.13 bits per heavy atom. The second-order valence-corrected chi connectivity index (χ2v) is 5.15. The third-order valence-electron chi connectivity index (χ3n) is 1.77. The van der Waals surface area contributed by atoms with E-state index in [0.29, 0.717) is 6.54 Å². The minimum absolute atomic E-state index is 0.0207. The van der Waals surface area contributed by atoms with E-state index in [9.17, 15) is 13.5 Å². The SMILES string of the molecule is CCCNS(=O)(=O)N(C)CC(O)COC. The maximum absolute atomic E-state index is 11.5. The zero-order chi connectivity index (χ0) is 11.9. The van der Waals surface area contributed by atoms with Crippen LogP contribution in [0.5, 0.6) is 0 Å². The highest BCUT2D eigenvalue weighted by Gasteiger charge is 2.19. The number of hydrogen-bond donors (Lipinski definition) is 2. The second-order valence-electron chi connectivity index (χ2n) is 3.29. The number of ether oxygens (including phenoxy) is 1. The Balaban J connectivity index is 4.12. The summed E-state index contributed by atoms with van der Waals surface area (Å²) in [7, 11) is -0.603. The number of methoxy groups -OCH3 is 1. The Kier molecular flexibility index (Phi) is 7.03. The maximum atomic E-state index is 11.5. The first kappa shape index (κ1) is 14.8. The molecule has 92 valence electrons. The molecule has 0 aliphatic heterocycles. The Morgan fingerprint density at radius 3 is 2.60 bits per heavy atom. The lowest BCUT2D eigenvalue weighted by atomic mass is 10.4. The summed E-state index contributed by atoms with van der Waals surface area (Å²) >= 11 is 0. The average Bonchev–Trinajstić information content (AvgIpc) is 2.15. The van der Waals surface area contributed by atoms with E-state index < -0.39 is 16.3 Å². The number of nitrogens with zero attached hydrogens (tertiary/aromatic N) is 1. The molecule has 0 bridgehead atoms. The molecule has 0 radical (unpaired) electrons. The van der Waals surface area contributed by atoms with Gasteiger partial charge in [0.15, 0.2) is 0 Å². The van der Waals surface area contributed by atoms with Crippen LogP contribution < -0.4 is 4.72 Å². The molecular weight excluding hydrogens is 220 g/mol. The van der Waals surface area contributed by atoms with Crippen LogP contribution in [0.3, 0.4) is 0 Å². The molecule has 0 fully saturated rings. The van der Waals surface area contributed by atoms with Gasteiger partial charge in [0.1, 0.15) is 0 Å². The summed E-state index contributed by atoms with van der Waals surface area (Å²) in [5.41, 5.74) is 0. The Bertz CT molecular complexity index is 255. The van der Waals surface area contributed by atoms with E-state index in [0.717, 1.165) is 10.7 Å². The van der Waals surface area contributed by atoms with E-state index in [1.807, 2.05) is 6.92 Å². The molecule has 0 aromatic rings. The van der Waals surface area contributed by atoms with Gasteiger partial charge in [0, 0.05) is 27.2 Å². The molecule has 15 heavy (non-hydrogen) atoms. The molecular formula is C8H20N2O4S. The van der Waals surface area contributed by atoms with Crippen LogP contribution in [0, 0.1) is 0 Å². The van der Waals surface area contributed by atoms with Crippen molar-refractivity contribution in [3.05, 3.63) is 0 Å². The average molecular weight is 240 g/mol. The topological polar surface area (TPSA) is 78.9 Å². The molecule has 0 saturated carbocycles. The van der Waals surface area contributed by atoms with Crippen molar-refractivity contribution in [1.29, 1.82) is 0 Å². The van der Waals surface area contributed by atoms with Gasteiger partial charge in [0.2, 0.25) is 0 Å². The number of aliphatic hydroxyl groups excluding tert-OH is 1. The molecule has 0 saturated heterocycles. The largest absolute Gasteiger partial charge is 0.389 e. The number of likely N-dealkylation sites (N-methyl/N-ethyl adjacent to an activating group) is 1. The molecule has 6 nitrogen and oxygen atoms in total. The molecule has 7 heteroatoms. The fourth-order valence-corrected chi connectivity index (χ4v) is 2.03. The van der Waals surface area contributed by atoms with Gasteiger partial charge in [-0.15, -0.1) is 0 Å². The minimum Gasteiger partial charge on any atom is -0.389 e. The van der Waals surface area contributed by atoms with Crippen LogP contribution in [0.25, 0.3) is 0 Å². The zero-order valence-electron chi connectivity index (χ0n) is 9.43. The minimum atomic E-state index is -3.47. The predicted molar refractivity (Wildman–Crippen MR) is 57.7 cm³/mol. The van der Waals surface area contributed by atoms with E-state index in [1.54, 1.807) is 0 Å². The van der Waals surface area contributed by atoms with Crippen LogP contribution in [-0.2, 0) is 14.9 Å². The third-order valence-corrected chi connectivity index (χ3v) is 3.31. The van der Waals surface area contributed by atoms with Gasteiger partial charge >= 0.3 is 0 Å². The molecule has 0 rings (SSSR count). The molecule has 1 unspecified atom stereocenters. The number of hydrogen-bond acceptors (Lipinski definition) is 4. The van der Waals surface area contributed by atoms with Gasteiger partial charge in [-0.05, 0) is 6.42 Å². The lowest BCUT2D eigenvalue weighted by molar-refractivity contribution is 0.0552. The summed E-state index contributed by atoms with van der Waals surface area (Å²) in [5.74, 6) is 0. The van der Waals surface area contributed by atoms with Crippen molar-refractivity contribution in [2.45, 2.75) is 19.4 Å². The van der Waals surface area contributed by atoms with E-state index in [-0.39, 0.29) is 13.2 Å². The highest BCUT2D eigenvalue weighted by atomic mass is 32.2. The molecule has 2 N–H and O–H groups in total. The lowest BCUT2D eigenvalue weighted by Crippen LogP contribution is -2.43. The van der Waals surface area contributed by atoms with Gasteiger partial charge in [-0.25, -0.2) is 4.72 Å². The van der Waals surface area contributed by atoms with Crippen molar-refractivity contribution in [3.63, 3.8) is 0 Å². The van der Waals surface area contributed by atoms with Crippen LogP contribution in [0.4, 0.5) is 0 Å². The number of nitrogens with one attached hydrogen (secondary N) is 1. The normalized spacial score (nSPS) is 14.5. The second kappa shape index (κ2) is 7.13. The van der Waals surface area contributed by atoms with Gasteiger partial charge in [0.25, 0.3) is 10.2 Å². The summed E-state index contributed by atoms with van der Waals surface area (Å²) in [6.07, 6.45) is -0.0774. The maximum Gasteiger partial charge on any atom is 0.279 e. The van der Waals surface area contributed by atoms with E-state index in [1.165, 1.54) is 14.2 Å². The van der Waals surface area contributed by atoms with Gasteiger partial charge in [-0.3, -0.25) is 0 Å². The van der Waals surface area contributed by atoms with E-state index >= 15 is 0 Å². The monoisotopic (exact) mass is 240 g/mol. The Hall–Kier alpha value is -0.210.